The van der Waals surface area contributed by atoms with E-state index in [2.05, 4.69) is 25.1 Å². The molecule has 0 amide bonds. The van der Waals surface area contributed by atoms with Crippen molar-refractivity contribution >= 4 is 36.7 Å². The molecule has 1 aliphatic heterocycles. The number of terminal acetylenes is 1. The highest BCUT2D eigenvalue weighted by Crippen LogP contribution is 2.45. The van der Waals surface area contributed by atoms with E-state index in [9.17, 15) is 19.3 Å². The quantitative estimate of drug-likeness (QED) is 0.134. The molecule has 3 rings (SSSR count). The number of nitrogens with zero attached hydrogens (tertiary/aromatic N) is 4. The van der Waals surface area contributed by atoms with Crippen LogP contribution in [0.1, 0.15) is 20.1 Å². The summed E-state index contributed by atoms with van der Waals surface area (Å²) in [6.45, 7) is 1.50. The summed E-state index contributed by atoms with van der Waals surface area (Å²) in [6.07, 6.45) is 1.47. The van der Waals surface area contributed by atoms with Gasteiger partial charge in [0.1, 0.15) is 25.3 Å². The maximum absolute atomic E-state index is 16.0. The minimum Gasteiger partial charge on any atom is -0.479 e. The van der Waals surface area contributed by atoms with Crippen molar-refractivity contribution in [2.45, 2.75) is 38.0 Å². The van der Waals surface area contributed by atoms with Gasteiger partial charge in [0.15, 0.2) is 17.4 Å². The number of hydrogen-bond donors (Lipinski definition) is 4. The summed E-state index contributed by atoms with van der Waals surface area (Å²) in [7, 11) is -2.85. The van der Waals surface area contributed by atoms with Crippen LogP contribution in [-0.2, 0) is 32.9 Å². The third-order valence-electron chi connectivity index (χ3n) is 5.41. The van der Waals surface area contributed by atoms with Crippen LogP contribution >= 0.6 is 7.67 Å². The summed E-state index contributed by atoms with van der Waals surface area (Å²) in [5.74, 6) is 0.201. The summed E-state index contributed by atoms with van der Waals surface area (Å²) in [6, 6.07) is 0. The van der Waals surface area contributed by atoms with Gasteiger partial charge in [-0.2, -0.15) is 9.97 Å². The molecule has 2 aromatic rings. The Kier molecular flexibility index (Phi) is 9.78. The zero-order valence-electron chi connectivity index (χ0n) is 21.3. The Hall–Kier alpha value is -3.39. The first kappa shape index (κ1) is 30.2. The van der Waals surface area contributed by atoms with Crippen LogP contribution in [0.4, 0.5) is 10.3 Å². The van der Waals surface area contributed by atoms with Crippen LogP contribution in [0.2, 0.25) is 0 Å². The zero-order valence-corrected chi connectivity index (χ0v) is 22.2. The monoisotopic (exact) mass is 573 g/mol. The molecule has 0 radical (unpaired) electrons. The number of nitrogens with one attached hydrogen (secondary N) is 2. The van der Waals surface area contributed by atoms with E-state index in [0.717, 1.165) is 10.9 Å². The highest BCUT2D eigenvalue weighted by molar-refractivity contribution is 7.54. The predicted octanol–water partition coefficient (Wildman–Crippen LogP) is -0.553. The number of halogens is 1. The third-order valence-corrected chi connectivity index (χ3v) is 7.08. The first-order valence-electron chi connectivity index (χ1n) is 11.6. The molecule has 0 aromatic carbocycles. The lowest BCUT2D eigenvalue weighted by atomic mass is 9.97. The molecule has 39 heavy (non-hydrogen) atoms. The van der Waals surface area contributed by atoms with Crippen molar-refractivity contribution in [2.24, 2.45) is 0 Å². The van der Waals surface area contributed by atoms with Crippen molar-refractivity contribution in [3.8, 4) is 18.2 Å². The topological polar surface area (TPSA) is 211 Å². The van der Waals surface area contributed by atoms with Crippen molar-refractivity contribution < 1.29 is 47.1 Å². The van der Waals surface area contributed by atoms with Crippen LogP contribution in [-0.4, -0.2) is 94.5 Å². The van der Waals surface area contributed by atoms with Gasteiger partial charge in [0.25, 0.3) is 0 Å². The van der Waals surface area contributed by atoms with E-state index in [4.69, 9.17) is 35.6 Å². The molecule has 0 bridgehead atoms. The summed E-state index contributed by atoms with van der Waals surface area (Å²) in [5, 5.41) is 15.4. The molecule has 3 heterocycles. The highest BCUT2D eigenvalue weighted by Gasteiger charge is 2.58. The normalized spacial score (nSPS) is 22.9. The summed E-state index contributed by atoms with van der Waals surface area (Å²) in [4.78, 5) is 35.6. The molecule has 214 valence electrons. The fourth-order valence-corrected chi connectivity index (χ4v) is 4.94. The number of nitrogens with two attached hydrogens (primary N) is 1. The van der Waals surface area contributed by atoms with Gasteiger partial charge in [-0.3, -0.25) is 18.7 Å². The third kappa shape index (κ3) is 6.61. The van der Waals surface area contributed by atoms with Gasteiger partial charge in [-0.25, -0.2) is 19.5 Å². The summed E-state index contributed by atoms with van der Waals surface area (Å²) in [5.41, 5.74) is 3.02. The number of ether oxygens (including phenoxy) is 4. The Labute approximate surface area is 222 Å². The van der Waals surface area contributed by atoms with E-state index in [1.807, 2.05) is 5.92 Å². The molecule has 1 saturated heterocycles. The average Bonchev–Trinajstić information content (AvgIpc) is 3.43. The van der Waals surface area contributed by atoms with Crippen molar-refractivity contribution in [3.05, 3.63) is 6.33 Å². The fourth-order valence-electron chi connectivity index (χ4n) is 3.62. The van der Waals surface area contributed by atoms with E-state index >= 15 is 4.39 Å². The Morgan fingerprint density at radius 3 is 2.44 bits per heavy atom. The van der Waals surface area contributed by atoms with Crippen LogP contribution in [0.15, 0.2) is 6.33 Å². The molecule has 0 aliphatic carbocycles. The highest BCUT2D eigenvalue weighted by atomic mass is 31.2. The molecule has 2 aromatic heterocycles. The second kappa shape index (κ2) is 12.6. The number of nitrogen functional groups attached to an aromatic ring is 1. The number of carbonyl (C=O) groups is 2. The minimum absolute atomic E-state index is 0.00766. The number of fused-ring (bicyclic) bond motifs is 1. The van der Waals surface area contributed by atoms with Crippen LogP contribution in [0, 0.1) is 12.3 Å². The van der Waals surface area contributed by atoms with Gasteiger partial charge < -0.3 is 34.3 Å². The molecule has 16 nitrogen and oxygen atoms in total. The number of aromatic nitrogens is 4. The Morgan fingerprint density at radius 1 is 1.28 bits per heavy atom. The molecular weight excluding hydrogens is 544 g/mol. The number of aliphatic hydroxyl groups is 1. The van der Waals surface area contributed by atoms with Crippen molar-refractivity contribution in [3.63, 3.8) is 0 Å². The molecule has 1 aliphatic rings. The number of carbonyl (C=O) groups excluding carboxylic acids is 2. The molecule has 0 saturated carbocycles. The maximum atomic E-state index is 16.0. The van der Waals surface area contributed by atoms with E-state index in [-0.39, 0.29) is 36.2 Å². The lowest BCUT2D eigenvalue weighted by Gasteiger charge is -2.24. The Balaban J connectivity index is 1.83. The van der Waals surface area contributed by atoms with Gasteiger partial charge in [0, 0.05) is 0 Å². The number of rotatable bonds is 13. The van der Waals surface area contributed by atoms with Crippen molar-refractivity contribution in [2.75, 3.05) is 45.8 Å². The van der Waals surface area contributed by atoms with Gasteiger partial charge in [0.2, 0.25) is 17.5 Å². The van der Waals surface area contributed by atoms with Crippen LogP contribution in [0.25, 0.3) is 11.2 Å². The molecule has 1 fully saturated rings. The number of imidazole rings is 1. The molecular formula is C21H29FN7O9P. The summed E-state index contributed by atoms with van der Waals surface area (Å²) >= 11 is 0. The van der Waals surface area contributed by atoms with Crippen LogP contribution in [0.5, 0.6) is 5.88 Å². The lowest BCUT2D eigenvalue weighted by Crippen LogP contribution is -2.42. The molecule has 2 unspecified atom stereocenters. The maximum Gasteiger partial charge on any atom is 0.341 e. The number of esters is 2. The first-order valence-corrected chi connectivity index (χ1v) is 13.2. The number of alkyl halides is 1. The zero-order chi connectivity index (χ0) is 28.8. The van der Waals surface area contributed by atoms with Gasteiger partial charge in [-0.15, -0.1) is 6.42 Å². The number of aliphatic hydroxyl groups excluding tert-OH is 1. The predicted molar refractivity (Wildman–Crippen MR) is 132 cm³/mol. The average molecular weight is 573 g/mol. The van der Waals surface area contributed by atoms with Gasteiger partial charge >= 0.3 is 19.6 Å². The largest absolute Gasteiger partial charge is 0.479 e. The molecule has 18 heteroatoms. The van der Waals surface area contributed by atoms with Crippen molar-refractivity contribution in [1.82, 2.24) is 29.7 Å². The lowest BCUT2D eigenvalue weighted by molar-refractivity contribution is -0.142. The number of anilines is 1. The Bertz CT molecular complexity index is 1260. The van der Waals surface area contributed by atoms with Gasteiger partial charge in [0.05, 0.1) is 33.3 Å². The smallest absolute Gasteiger partial charge is 0.341 e. The van der Waals surface area contributed by atoms with Crippen LogP contribution < -0.4 is 20.6 Å². The number of methoxy groups -OCH3 is 1. The van der Waals surface area contributed by atoms with E-state index < -0.39 is 63.4 Å². The van der Waals surface area contributed by atoms with Crippen molar-refractivity contribution in [1.29, 1.82) is 0 Å². The number of hydrogen-bond acceptors (Lipinski definition) is 13. The van der Waals surface area contributed by atoms with E-state index in [1.54, 1.807) is 13.8 Å². The Morgan fingerprint density at radius 2 is 1.90 bits per heavy atom. The fraction of sp³-hybridized carbons (Fsp3) is 0.571. The second-order valence-electron chi connectivity index (χ2n) is 7.93. The standard InChI is InChI=1S/C21H29FN7O9P/c1-5-21(22)16(32)12(38-19(21)29-11-24-15-17(29)27-20(23)28-18(15)34-4)10-37-39(33,25-8-13(30)35-6-2)26-9-14(31)36-7-3/h1,11-12,16,19,32H,6-10H2,2-4H3,(H2,23,27,28)(H2,25,26,33)/t12-,16?,19-,21?/m1/s1. The van der Waals surface area contributed by atoms with Gasteiger partial charge in [-0.1, -0.05) is 5.92 Å². The SMILES string of the molecule is C#CC1(F)C(O)[C@@H](COP(=O)(NCC(=O)OCC)NCC(=O)OCC)O[C@H]1n1cnc2c(OC)nc(N)nc21. The van der Waals surface area contributed by atoms with E-state index in [1.165, 1.54) is 7.11 Å². The second-order valence-corrected chi connectivity index (χ2v) is 9.92. The summed E-state index contributed by atoms with van der Waals surface area (Å²) < 4.78 is 56.2. The van der Waals surface area contributed by atoms with E-state index in [0.29, 0.717) is 0 Å². The van der Waals surface area contributed by atoms with Crippen LogP contribution in [0.3, 0.4) is 0 Å². The first-order chi connectivity index (χ1) is 18.5. The minimum atomic E-state index is -4.18. The van der Waals surface area contributed by atoms with Gasteiger partial charge in [-0.05, 0) is 13.8 Å². The molecule has 5 N–H and O–H groups in total. The molecule has 0 spiro atoms. The molecule has 4 atom stereocenters.